The van der Waals surface area contributed by atoms with Gasteiger partial charge in [0.15, 0.2) is 0 Å². The highest BCUT2D eigenvalue weighted by molar-refractivity contribution is 7.92. The van der Waals surface area contributed by atoms with Crippen molar-refractivity contribution >= 4 is 31.4 Å². The molecule has 168 valence electrons. The zero-order valence-corrected chi connectivity index (χ0v) is 19.7. The standard InChI is InChI=1S/C32H22O2S/c33-35(34,31-27-17-9-7-15-25(27)19-21-29(31)23-11-3-1-4-12-23)32-28-18-10-8-16-26(28)20-22-30(32)24-13-5-2-6-14-24/h1-22H. The first kappa shape index (κ1) is 21.3. The third-order valence-corrected chi connectivity index (χ3v) is 8.42. The van der Waals surface area contributed by atoms with E-state index in [0.717, 1.165) is 32.7 Å². The van der Waals surface area contributed by atoms with Crippen LogP contribution in [0.1, 0.15) is 0 Å². The van der Waals surface area contributed by atoms with Crippen molar-refractivity contribution in [3.63, 3.8) is 0 Å². The van der Waals surface area contributed by atoms with Crippen LogP contribution in [0.2, 0.25) is 0 Å². The maximum atomic E-state index is 14.9. The summed E-state index contributed by atoms with van der Waals surface area (Å²) >= 11 is 0. The van der Waals surface area contributed by atoms with Crippen LogP contribution in [-0.4, -0.2) is 8.42 Å². The Morgan fingerprint density at radius 2 is 0.743 bits per heavy atom. The lowest BCUT2D eigenvalue weighted by Gasteiger charge is -2.18. The lowest BCUT2D eigenvalue weighted by atomic mass is 10.0. The van der Waals surface area contributed by atoms with Gasteiger partial charge in [-0.05, 0) is 21.9 Å². The molecule has 0 unspecified atom stereocenters. The van der Waals surface area contributed by atoms with Crippen molar-refractivity contribution in [3.8, 4) is 22.3 Å². The van der Waals surface area contributed by atoms with Crippen LogP contribution in [0.25, 0.3) is 43.8 Å². The number of sulfone groups is 1. The molecule has 6 rings (SSSR count). The molecule has 0 aliphatic rings. The van der Waals surface area contributed by atoms with Crippen molar-refractivity contribution < 1.29 is 8.42 Å². The average molecular weight is 471 g/mol. The van der Waals surface area contributed by atoms with Crippen LogP contribution in [0.4, 0.5) is 0 Å². The second kappa shape index (κ2) is 8.53. The van der Waals surface area contributed by atoms with Gasteiger partial charge in [0.25, 0.3) is 0 Å². The van der Waals surface area contributed by atoms with E-state index < -0.39 is 9.84 Å². The molecule has 2 nitrogen and oxygen atoms in total. The van der Waals surface area contributed by atoms with Crippen molar-refractivity contribution in [3.05, 3.63) is 133 Å². The van der Waals surface area contributed by atoms with Crippen molar-refractivity contribution in [2.75, 3.05) is 0 Å². The fourth-order valence-corrected chi connectivity index (χ4v) is 6.96. The van der Waals surface area contributed by atoms with Gasteiger partial charge in [0.1, 0.15) is 0 Å². The van der Waals surface area contributed by atoms with Crippen LogP contribution in [-0.2, 0) is 9.84 Å². The van der Waals surface area contributed by atoms with E-state index >= 15 is 0 Å². The van der Waals surface area contributed by atoms with Crippen LogP contribution in [0.3, 0.4) is 0 Å². The second-order valence-electron chi connectivity index (χ2n) is 8.56. The predicted octanol–water partition coefficient (Wildman–Crippen LogP) is 8.16. The van der Waals surface area contributed by atoms with Gasteiger partial charge in [-0.2, -0.15) is 0 Å². The molecular weight excluding hydrogens is 448 g/mol. The van der Waals surface area contributed by atoms with Gasteiger partial charge < -0.3 is 0 Å². The quantitative estimate of drug-likeness (QED) is 0.260. The maximum absolute atomic E-state index is 14.9. The summed E-state index contributed by atoms with van der Waals surface area (Å²) in [4.78, 5) is 0.686. The van der Waals surface area contributed by atoms with Gasteiger partial charge in [0, 0.05) is 21.9 Å². The molecular formula is C32H22O2S. The third kappa shape index (κ3) is 3.61. The SMILES string of the molecule is O=S(=O)(c1c(-c2ccccc2)ccc2ccccc12)c1c(-c2ccccc2)ccc2ccccc12. The Bertz CT molecular complexity index is 1660. The molecule has 6 aromatic rings. The van der Waals surface area contributed by atoms with Crippen molar-refractivity contribution in [1.29, 1.82) is 0 Å². The summed E-state index contributed by atoms with van der Waals surface area (Å²) in [6, 6.07) is 42.8. The maximum Gasteiger partial charge on any atom is 0.209 e. The summed E-state index contributed by atoms with van der Waals surface area (Å²) in [7, 11) is -3.95. The Morgan fingerprint density at radius 3 is 1.17 bits per heavy atom. The summed E-state index contributed by atoms with van der Waals surface area (Å²) < 4.78 is 29.7. The minimum atomic E-state index is -3.95. The Hall–Kier alpha value is -4.21. The van der Waals surface area contributed by atoms with Crippen LogP contribution < -0.4 is 0 Å². The molecule has 0 fully saturated rings. The molecule has 0 aromatic heterocycles. The van der Waals surface area contributed by atoms with E-state index in [2.05, 4.69) is 0 Å². The van der Waals surface area contributed by atoms with Crippen LogP contribution in [0, 0.1) is 0 Å². The molecule has 35 heavy (non-hydrogen) atoms. The lowest BCUT2D eigenvalue weighted by molar-refractivity contribution is 0.598. The Labute approximate surface area is 205 Å². The molecule has 6 aromatic carbocycles. The summed E-state index contributed by atoms with van der Waals surface area (Å²) in [5.41, 5.74) is 3.16. The number of benzene rings is 6. The topological polar surface area (TPSA) is 34.1 Å². The van der Waals surface area contributed by atoms with E-state index in [9.17, 15) is 8.42 Å². The van der Waals surface area contributed by atoms with E-state index in [1.807, 2.05) is 133 Å². The fourth-order valence-electron chi connectivity index (χ4n) is 4.86. The molecule has 0 atom stereocenters. The first-order valence-electron chi connectivity index (χ1n) is 11.5. The largest absolute Gasteiger partial charge is 0.218 e. The molecule has 0 heterocycles. The van der Waals surface area contributed by atoms with E-state index in [1.54, 1.807) is 0 Å². The van der Waals surface area contributed by atoms with Crippen molar-refractivity contribution in [1.82, 2.24) is 0 Å². The fraction of sp³-hybridized carbons (Fsp3) is 0. The van der Waals surface area contributed by atoms with Crippen molar-refractivity contribution in [2.24, 2.45) is 0 Å². The molecule has 0 aliphatic heterocycles. The van der Waals surface area contributed by atoms with Gasteiger partial charge in [0.05, 0.1) is 9.79 Å². The summed E-state index contributed by atoms with van der Waals surface area (Å²) in [5, 5.41) is 3.24. The monoisotopic (exact) mass is 470 g/mol. The van der Waals surface area contributed by atoms with E-state index in [-0.39, 0.29) is 0 Å². The van der Waals surface area contributed by atoms with E-state index in [0.29, 0.717) is 20.9 Å². The summed E-state index contributed by atoms with van der Waals surface area (Å²) in [6.45, 7) is 0. The Kier molecular flexibility index (Phi) is 5.20. The highest BCUT2D eigenvalue weighted by Crippen LogP contribution is 2.42. The zero-order valence-electron chi connectivity index (χ0n) is 18.9. The molecule has 0 bridgehead atoms. The molecule has 0 N–H and O–H groups in total. The molecule has 0 amide bonds. The van der Waals surface area contributed by atoms with Crippen LogP contribution in [0.5, 0.6) is 0 Å². The number of rotatable bonds is 4. The van der Waals surface area contributed by atoms with Gasteiger partial charge in [-0.3, -0.25) is 0 Å². The smallest absolute Gasteiger partial charge is 0.209 e. The van der Waals surface area contributed by atoms with Crippen LogP contribution in [0.15, 0.2) is 143 Å². The lowest BCUT2D eigenvalue weighted by Crippen LogP contribution is -2.08. The van der Waals surface area contributed by atoms with Gasteiger partial charge in [0.2, 0.25) is 9.84 Å². The first-order valence-corrected chi connectivity index (χ1v) is 13.0. The van der Waals surface area contributed by atoms with Gasteiger partial charge in [-0.1, -0.05) is 133 Å². The predicted molar refractivity (Wildman–Crippen MR) is 144 cm³/mol. The highest BCUT2D eigenvalue weighted by Gasteiger charge is 2.29. The second-order valence-corrected chi connectivity index (χ2v) is 10.4. The van der Waals surface area contributed by atoms with Crippen LogP contribution >= 0.6 is 0 Å². The Morgan fingerprint density at radius 1 is 0.371 bits per heavy atom. The number of hydrogen-bond acceptors (Lipinski definition) is 2. The van der Waals surface area contributed by atoms with Gasteiger partial charge in [-0.15, -0.1) is 0 Å². The number of fused-ring (bicyclic) bond motifs is 2. The molecule has 3 heteroatoms. The van der Waals surface area contributed by atoms with E-state index in [4.69, 9.17) is 0 Å². The highest BCUT2D eigenvalue weighted by atomic mass is 32.2. The van der Waals surface area contributed by atoms with Crippen molar-refractivity contribution in [2.45, 2.75) is 9.79 Å². The van der Waals surface area contributed by atoms with Gasteiger partial charge in [-0.25, -0.2) is 8.42 Å². The molecule has 0 saturated heterocycles. The summed E-state index contributed by atoms with van der Waals surface area (Å²) in [5.74, 6) is 0. The third-order valence-electron chi connectivity index (χ3n) is 6.47. The number of hydrogen-bond donors (Lipinski definition) is 0. The average Bonchev–Trinajstić information content (AvgIpc) is 2.92. The van der Waals surface area contributed by atoms with Gasteiger partial charge >= 0.3 is 0 Å². The molecule has 0 saturated carbocycles. The normalized spacial score (nSPS) is 11.7. The summed E-state index contributed by atoms with van der Waals surface area (Å²) in [6.07, 6.45) is 0. The molecule has 0 radical (unpaired) electrons. The zero-order chi connectivity index (χ0) is 23.8. The first-order chi connectivity index (χ1) is 17.1. The molecule has 0 spiro atoms. The van der Waals surface area contributed by atoms with E-state index in [1.165, 1.54) is 0 Å². The molecule has 0 aliphatic carbocycles. The minimum Gasteiger partial charge on any atom is -0.218 e. The minimum absolute atomic E-state index is 0.343. The Balaban J connectivity index is 1.77.